The van der Waals surface area contributed by atoms with Crippen molar-refractivity contribution in [2.75, 3.05) is 32.1 Å². The van der Waals surface area contributed by atoms with Gasteiger partial charge in [-0.2, -0.15) is 0 Å². The van der Waals surface area contributed by atoms with E-state index in [1.807, 2.05) is 19.9 Å². The highest BCUT2D eigenvalue weighted by atomic mass is 79.9. The molecule has 1 fully saturated rings. The number of amides is 1. The average Bonchev–Trinajstić information content (AvgIpc) is 3.20. The Labute approximate surface area is 188 Å². The number of nitro groups is 1. The van der Waals surface area contributed by atoms with Crippen molar-refractivity contribution in [2.45, 2.75) is 31.3 Å². The highest BCUT2D eigenvalue weighted by Crippen LogP contribution is 2.53. The number of halogens is 1. The van der Waals surface area contributed by atoms with Gasteiger partial charge in [0.05, 0.1) is 19.1 Å². The van der Waals surface area contributed by atoms with Gasteiger partial charge in [-0.3, -0.25) is 19.8 Å². The first-order valence-corrected chi connectivity index (χ1v) is 11.0. The number of ether oxygens (including phenoxy) is 2. The van der Waals surface area contributed by atoms with Crippen molar-refractivity contribution in [2.24, 2.45) is 0 Å². The Morgan fingerprint density at radius 2 is 1.87 bits per heavy atom. The molecule has 0 saturated carbocycles. The zero-order valence-corrected chi connectivity index (χ0v) is 19.1. The molecule has 8 nitrogen and oxygen atoms in total. The molecular formula is C22H24BrN3O5. The summed E-state index contributed by atoms with van der Waals surface area (Å²) in [5.74, 6) is 0.195. The molecule has 1 saturated heterocycles. The number of benzene rings is 2. The molecular weight excluding hydrogens is 466 g/mol. The summed E-state index contributed by atoms with van der Waals surface area (Å²) in [6.45, 7) is 4.99. The number of hydrogen-bond donors (Lipinski definition) is 1. The number of carbonyl (C=O) groups excluding carboxylic acids is 1. The van der Waals surface area contributed by atoms with Gasteiger partial charge in [0, 0.05) is 27.2 Å². The van der Waals surface area contributed by atoms with Crippen molar-refractivity contribution >= 4 is 27.5 Å². The zero-order valence-electron chi connectivity index (χ0n) is 17.6. The van der Waals surface area contributed by atoms with Crippen LogP contribution < -0.4 is 14.8 Å². The van der Waals surface area contributed by atoms with Gasteiger partial charge in [-0.1, -0.05) is 34.1 Å². The summed E-state index contributed by atoms with van der Waals surface area (Å²) in [6.07, 6.45) is 0. The molecule has 0 unspecified atom stereocenters. The van der Waals surface area contributed by atoms with E-state index in [0.29, 0.717) is 47.0 Å². The predicted octanol–water partition coefficient (Wildman–Crippen LogP) is 3.77. The fraction of sp³-hybridized carbons (Fsp3) is 0.409. The number of nitrogens with zero attached hydrogens (tertiary/aromatic N) is 2. The molecule has 2 aromatic rings. The van der Waals surface area contributed by atoms with Crippen LogP contribution in [0.1, 0.15) is 30.9 Å². The summed E-state index contributed by atoms with van der Waals surface area (Å²) >= 11 is 3.58. The fourth-order valence-corrected chi connectivity index (χ4v) is 5.55. The third-order valence-electron chi connectivity index (χ3n) is 6.10. The normalized spacial score (nSPS) is 24.8. The van der Waals surface area contributed by atoms with E-state index in [0.717, 1.165) is 5.56 Å². The minimum absolute atomic E-state index is 0.320. The molecule has 2 aromatic carbocycles. The van der Waals surface area contributed by atoms with Crippen molar-refractivity contribution < 1.29 is 19.2 Å². The lowest BCUT2D eigenvalue weighted by atomic mass is 9.79. The maximum absolute atomic E-state index is 13.2. The molecule has 0 aromatic heterocycles. The molecule has 2 heterocycles. The van der Waals surface area contributed by atoms with E-state index >= 15 is 0 Å². The summed E-state index contributed by atoms with van der Waals surface area (Å²) < 4.78 is 12.1. The first kappa shape index (κ1) is 21.6. The van der Waals surface area contributed by atoms with Crippen molar-refractivity contribution in [3.63, 3.8) is 0 Å². The number of fused-ring (bicyclic) bond motifs is 2. The maximum atomic E-state index is 13.2. The Morgan fingerprint density at radius 1 is 1.23 bits per heavy atom. The Balaban J connectivity index is 1.87. The third-order valence-corrected chi connectivity index (χ3v) is 6.79. The van der Waals surface area contributed by atoms with Crippen molar-refractivity contribution in [3.8, 4) is 11.5 Å². The molecule has 2 aliphatic heterocycles. The van der Waals surface area contributed by atoms with Crippen molar-refractivity contribution in [3.05, 3.63) is 62.1 Å². The summed E-state index contributed by atoms with van der Waals surface area (Å²) in [6, 6.07) is 9.59. The molecule has 31 heavy (non-hydrogen) atoms. The van der Waals surface area contributed by atoms with Gasteiger partial charge in [-0.25, -0.2) is 0 Å². The summed E-state index contributed by atoms with van der Waals surface area (Å²) in [4.78, 5) is 27.2. The van der Waals surface area contributed by atoms with Gasteiger partial charge in [-0.05, 0) is 44.7 Å². The highest BCUT2D eigenvalue weighted by molar-refractivity contribution is 9.10. The Hall–Kier alpha value is -2.65. The van der Waals surface area contributed by atoms with Crippen LogP contribution in [0.4, 0.5) is 5.69 Å². The summed E-state index contributed by atoms with van der Waals surface area (Å²) in [5.41, 5.74) is 0.593. The van der Waals surface area contributed by atoms with E-state index in [4.69, 9.17) is 9.47 Å². The van der Waals surface area contributed by atoms with Crippen LogP contribution in [0.5, 0.6) is 11.5 Å². The number of nitrogens with one attached hydrogen (secondary N) is 1. The molecule has 0 bridgehead atoms. The van der Waals surface area contributed by atoms with Crippen LogP contribution in [0.2, 0.25) is 0 Å². The highest BCUT2D eigenvalue weighted by Gasteiger charge is 2.68. The van der Waals surface area contributed by atoms with E-state index < -0.39 is 17.5 Å². The average molecular weight is 490 g/mol. The monoisotopic (exact) mass is 489 g/mol. The number of hydrogen-bond acceptors (Lipinski definition) is 6. The third kappa shape index (κ3) is 3.18. The zero-order chi connectivity index (χ0) is 22.3. The largest absolute Gasteiger partial charge is 0.490 e. The number of carbonyl (C=O) groups is 1. The fourth-order valence-electron chi connectivity index (χ4n) is 4.93. The predicted molar refractivity (Wildman–Crippen MR) is 119 cm³/mol. The molecule has 164 valence electrons. The van der Waals surface area contributed by atoms with E-state index in [1.165, 1.54) is 0 Å². The van der Waals surface area contributed by atoms with E-state index in [9.17, 15) is 14.9 Å². The van der Waals surface area contributed by atoms with Crippen LogP contribution in [0.3, 0.4) is 0 Å². The standard InChI is InChI=1S/C22H24BrN3O5/c1-4-30-18-10-13(16(23)11-19(18)31-5-2)14-12-25(3)22(20(14)26(28)29)15-8-6-7-9-17(15)24-21(22)27/h6-11,14,20H,4-5,12H2,1-3H3,(H,24,27)/t14-,20+,22+/m0/s1. The van der Waals surface area contributed by atoms with Gasteiger partial charge in [-0.15, -0.1) is 0 Å². The van der Waals surface area contributed by atoms with Gasteiger partial charge in [0.2, 0.25) is 0 Å². The molecule has 1 N–H and O–H groups in total. The summed E-state index contributed by atoms with van der Waals surface area (Å²) in [7, 11) is 1.77. The van der Waals surface area contributed by atoms with Crippen LogP contribution in [0.25, 0.3) is 0 Å². The van der Waals surface area contributed by atoms with Crippen LogP contribution in [0, 0.1) is 10.1 Å². The Kier molecular flexibility index (Phi) is 5.65. The molecule has 1 spiro atoms. The maximum Gasteiger partial charge on any atom is 0.256 e. The lowest BCUT2D eigenvalue weighted by Crippen LogP contribution is -2.54. The Morgan fingerprint density at radius 3 is 2.52 bits per heavy atom. The van der Waals surface area contributed by atoms with Crippen LogP contribution >= 0.6 is 15.9 Å². The van der Waals surface area contributed by atoms with Gasteiger partial charge >= 0.3 is 0 Å². The quantitative estimate of drug-likeness (QED) is 0.490. The molecule has 1 amide bonds. The van der Waals surface area contributed by atoms with Gasteiger partial charge in [0.15, 0.2) is 17.0 Å². The number of para-hydroxylation sites is 1. The van der Waals surface area contributed by atoms with Crippen LogP contribution in [-0.2, 0) is 10.3 Å². The minimum atomic E-state index is -1.38. The van der Waals surface area contributed by atoms with E-state index in [-0.39, 0.29) is 10.8 Å². The topological polar surface area (TPSA) is 93.9 Å². The van der Waals surface area contributed by atoms with Crippen molar-refractivity contribution in [1.82, 2.24) is 4.90 Å². The summed E-state index contributed by atoms with van der Waals surface area (Å²) in [5, 5.41) is 15.3. The smallest absolute Gasteiger partial charge is 0.256 e. The van der Waals surface area contributed by atoms with Gasteiger partial charge < -0.3 is 14.8 Å². The number of likely N-dealkylation sites (tertiary alicyclic amines) is 1. The second-order valence-electron chi connectivity index (χ2n) is 7.67. The number of anilines is 1. The molecule has 4 rings (SSSR count). The SMILES string of the molecule is CCOc1cc(Br)c([C@@H]2CN(C)[C@@]3(C(=O)Nc4ccccc43)[C@@H]2[N+](=O)[O-])cc1OCC. The minimum Gasteiger partial charge on any atom is -0.490 e. The van der Waals surface area contributed by atoms with Gasteiger partial charge in [0.25, 0.3) is 11.9 Å². The lowest BCUT2D eigenvalue weighted by molar-refractivity contribution is -0.534. The van der Waals surface area contributed by atoms with Crippen LogP contribution in [-0.4, -0.2) is 48.6 Å². The molecule has 2 aliphatic rings. The molecule has 3 atom stereocenters. The molecule has 9 heteroatoms. The van der Waals surface area contributed by atoms with Crippen molar-refractivity contribution in [1.29, 1.82) is 0 Å². The first-order valence-electron chi connectivity index (χ1n) is 10.2. The number of rotatable bonds is 6. The second kappa shape index (κ2) is 8.12. The number of likely N-dealkylation sites (N-methyl/N-ethyl adjacent to an activating group) is 1. The van der Waals surface area contributed by atoms with Gasteiger partial charge in [0.1, 0.15) is 0 Å². The van der Waals surface area contributed by atoms with E-state index in [1.54, 1.807) is 42.3 Å². The molecule has 0 aliphatic carbocycles. The first-order chi connectivity index (χ1) is 14.9. The van der Waals surface area contributed by atoms with Crippen LogP contribution in [0.15, 0.2) is 40.9 Å². The second-order valence-corrected chi connectivity index (χ2v) is 8.52. The van der Waals surface area contributed by atoms with E-state index in [2.05, 4.69) is 21.2 Å². The molecule has 0 radical (unpaired) electrons. The lowest BCUT2D eigenvalue weighted by Gasteiger charge is -2.30. The Bertz CT molecular complexity index is 1050.